The van der Waals surface area contributed by atoms with Crippen molar-refractivity contribution < 1.29 is 19.1 Å². The van der Waals surface area contributed by atoms with Gasteiger partial charge in [0.1, 0.15) is 19.0 Å². The third kappa shape index (κ3) is 5.63. The molecule has 0 radical (unpaired) electrons. The van der Waals surface area contributed by atoms with Gasteiger partial charge in [-0.3, -0.25) is 9.59 Å². The lowest BCUT2D eigenvalue weighted by Gasteiger charge is -2.31. The van der Waals surface area contributed by atoms with E-state index in [-0.39, 0.29) is 31.0 Å². The first-order valence-corrected chi connectivity index (χ1v) is 9.88. The lowest BCUT2D eigenvalue weighted by molar-refractivity contribution is -0.150. The molecular weight excluding hydrogens is 401 g/mol. The molecule has 28 heavy (non-hydrogen) atoms. The van der Waals surface area contributed by atoms with Gasteiger partial charge in [0.25, 0.3) is 5.91 Å². The lowest BCUT2D eigenvalue weighted by atomic mass is 9.96. The number of carbonyl (C=O) groups is 2. The van der Waals surface area contributed by atoms with Crippen molar-refractivity contribution in [2.75, 3.05) is 26.3 Å². The van der Waals surface area contributed by atoms with Crippen molar-refractivity contribution in [3.63, 3.8) is 0 Å². The molecule has 0 N–H and O–H groups in total. The van der Waals surface area contributed by atoms with Crippen LogP contribution >= 0.6 is 23.2 Å². The molecule has 0 atom stereocenters. The number of nitrogens with zero attached hydrogens (tertiary/aromatic N) is 1. The van der Waals surface area contributed by atoms with Gasteiger partial charge < -0.3 is 14.4 Å². The fourth-order valence-corrected chi connectivity index (χ4v) is 3.30. The van der Waals surface area contributed by atoms with Crippen LogP contribution in [-0.2, 0) is 9.53 Å². The fraction of sp³-hybridized carbons (Fsp3) is 0.333. The number of esters is 1. The van der Waals surface area contributed by atoms with Crippen LogP contribution in [0.5, 0.6) is 5.75 Å². The van der Waals surface area contributed by atoms with Crippen molar-refractivity contribution in [3.05, 3.63) is 64.1 Å². The molecule has 1 saturated heterocycles. The van der Waals surface area contributed by atoms with E-state index in [0.29, 0.717) is 47.3 Å². The van der Waals surface area contributed by atoms with Gasteiger partial charge in [0, 0.05) is 28.7 Å². The highest BCUT2D eigenvalue weighted by atomic mass is 35.5. The second-order valence-electron chi connectivity index (χ2n) is 6.54. The molecule has 1 amide bonds. The van der Waals surface area contributed by atoms with E-state index in [1.807, 2.05) is 0 Å². The van der Waals surface area contributed by atoms with Crippen LogP contribution in [0.2, 0.25) is 10.0 Å². The molecule has 0 spiro atoms. The number of likely N-dealkylation sites (tertiary alicyclic amines) is 1. The smallest absolute Gasteiger partial charge is 0.309 e. The Morgan fingerprint density at radius 2 is 1.46 bits per heavy atom. The topological polar surface area (TPSA) is 55.8 Å². The van der Waals surface area contributed by atoms with E-state index in [4.69, 9.17) is 32.7 Å². The number of ether oxygens (including phenoxy) is 2. The SMILES string of the molecule is O=C(OCCOc1ccc(Cl)cc1)C1CCN(C(=O)c2ccc(Cl)cc2)CC1. The van der Waals surface area contributed by atoms with Crippen LogP contribution in [0.25, 0.3) is 0 Å². The van der Waals surface area contributed by atoms with Crippen LogP contribution in [0.15, 0.2) is 48.5 Å². The Kier molecular flexibility index (Phi) is 7.18. The first-order valence-electron chi connectivity index (χ1n) is 9.13. The minimum Gasteiger partial charge on any atom is -0.490 e. The molecule has 1 fully saturated rings. The molecule has 0 bridgehead atoms. The van der Waals surface area contributed by atoms with Gasteiger partial charge in [0.15, 0.2) is 0 Å². The number of halogens is 2. The Balaban J connectivity index is 1.38. The molecular formula is C21H21Cl2NO4. The third-order valence-corrected chi connectivity index (χ3v) is 5.12. The number of rotatable bonds is 6. The summed E-state index contributed by atoms with van der Waals surface area (Å²) in [4.78, 5) is 26.5. The van der Waals surface area contributed by atoms with Crippen molar-refractivity contribution in [2.24, 2.45) is 5.92 Å². The third-order valence-electron chi connectivity index (χ3n) is 4.62. The standard InChI is InChI=1S/C21H21Cl2NO4/c22-17-3-1-15(2-4-17)20(25)24-11-9-16(10-12-24)21(26)28-14-13-27-19-7-5-18(23)6-8-19/h1-8,16H,9-14H2. The summed E-state index contributed by atoms with van der Waals surface area (Å²) < 4.78 is 10.8. The molecule has 1 heterocycles. The molecule has 0 saturated carbocycles. The molecule has 2 aromatic rings. The predicted octanol–water partition coefficient (Wildman–Crippen LogP) is 4.47. The largest absolute Gasteiger partial charge is 0.490 e. The molecule has 7 heteroatoms. The first-order chi connectivity index (χ1) is 13.5. The van der Waals surface area contributed by atoms with Crippen molar-refractivity contribution in [1.82, 2.24) is 4.90 Å². The molecule has 0 aromatic heterocycles. The van der Waals surface area contributed by atoms with E-state index in [1.54, 1.807) is 53.4 Å². The molecule has 2 aromatic carbocycles. The van der Waals surface area contributed by atoms with Crippen LogP contribution in [0.3, 0.4) is 0 Å². The van der Waals surface area contributed by atoms with Crippen molar-refractivity contribution in [3.8, 4) is 5.75 Å². The fourth-order valence-electron chi connectivity index (χ4n) is 3.04. The molecule has 5 nitrogen and oxygen atoms in total. The van der Waals surface area contributed by atoms with E-state index >= 15 is 0 Å². The van der Waals surface area contributed by atoms with Crippen LogP contribution < -0.4 is 4.74 Å². The number of benzene rings is 2. The van der Waals surface area contributed by atoms with E-state index in [1.165, 1.54) is 0 Å². The summed E-state index contributed by atoms with van der Waals surface area (Å²) in [6, 6.07) is 13.8. The summed E-state index contributed by atoms with van der Waals surface area (Å²) in [6.45, 7) is 1.53. The van der Waals surface area contributed by atoms with Gasteiger partial charge in [-0.1, -0.05) is 23.2 Å². The maximum Gasteiger partial charge on any atom is 0.309 e. The highest BCUT2D eigenvalue weighted by molar-refractivity contribution is 6.30. The highest BCUT2D eigenvalue weighted by Gasteiger charge is 2.28. The van der Waals surface area contributed by atoms with E-state index < -0.39 is 0 Å². The Morgan fingerprint density at radius 1 is 0.893 bits per heavy atom. The second-order valence-corrected chi connectivity index (χ2v) is 7.42. The van der Waals surface area contributed by atoms with Gasteiger partial charge in [-0.15, -0.1) is 0 Å². The average Bonchev–Trinajstić information content (AvgIpc) is 2.72. The second kappa shape index (κ2) is 9.80. The van der Waals surface area contributed by atoms with E-state index in [2.05, 4.69) is 0 Å². The number of hydrogen-bond donors (Lipinski definition) is 0. The summed E-state index contributed by atoms with van der Waals surface area (Å²) in [6.07, 6.45) is 1.19. The Morgan fingerprint density at radius 3 is 2.07 bits per heavy atom. The zero-order chi connectivity index (χ0) is 19.9. The lowest BCUT2D eigenvalue weighted by Crippen LogP contribution is -2.40. The van der Waals surface area contributed by atoms with Crippen LogP contribution in [0.4, 0.5) is 0 Å². The van der Waals surface area contributed by atoms with Crippen LogP contribution in [0, 0.1) is 5.92 Å². The number of hydrogen-bond acceptors (Lipinski definition) is 4. The van der Waals surface area contributed by atoms with Gasteiger partial charge in [-0.2, -0.15) is 0 Å². The van der Waals surface area contributed by atoms with Crippen molar-refractivity contribution in [1.29, 1.82) is 0 Å². The number of amides is 1. The average molecular weight is 422 g/mol. The summed E-state index contributed by atoms with van der Waals surface area (Å²) in [5.74, 6) is 0.206. The minimum absolute atomic E-state index is 0.0418. The van der Waals surface area contributed by atoms with Gasteiger partial charge >= 0.3 is 5.97 Å². The Labute approximate surface area is 174 Å². The molecule has 1 aliphatic rings. The molecule has 0 aliphatic carbocycles. The maximum atomic E-state index is 12.5. The quantitative estimate of drug-likeness (QED) is 0.509. The van der Waals surface area contributed by atoms with Gasteiger partial charge in [-0.05, 0) is 61.4 Å². The zero-order valence-electron chi connectivity index (χ0n) is 15.3. The molecule has 0 unspecified atom stereocenters. The van der Waals surface area contributed by atoms with Crippen LogP contribution in [-0.4, -0.2) is 43.1 Å². The summed E-state index contributed by atoms with van der Waals surface area (Å²) in [5, 5.41) is 1.23. The summed E-state index contributed by atoms with van der Waals surface area (Å²) >= 11 is 11.7. The Bertz CT molecular complexity index is 800. The van der Waals surface area contributed by atoms with Gasteiger partial charge in [0.05, 0.1) is 5.92 Å². The Hall–Kier alpha value is -2.24. The van der Waals surface area contributed by atoms with Crippen molar-refractivity contribution >= 4 is 35.1 Å². The van der Waals surface area contributed by atoms with Crippen molar-refractivity contribution in [2.45, 2.75) is 12.8 Å². The summed E-state index contributed by atoms with van der Waals surface area (Å²) in [7, 11) is 0. The molecule has 3 rings (SSSR count). The molecule has 1 aliphatic heterocycles. The normalized spacial score (nSPS) is 14.6. The zero-order valence-corrected chi connectivity index (χ0v) is 16.8. The summed E-state index contributed by atoms with van der Waals surface area (Å²) in [5.41, 5.74) is 0.602. The minimum atomic E-state index is -0.238. The van der Waals surface area contributed by atoms with E-state index in [9.17, 15) is 9.59 Å². The maximum absolute atomic E-state index is 12.5. The van der Waals surface area contributed by atoms with E-state index in [0.717, 1.165) is 0 Å². The first kappa shape index (κ1) is 20.5. The predicted molar refractivity (Wildman–Crippen MR) is 108 cm³/mol. The van der Waals surface area contributed by atoms with Gasteiger partial charge in [-0.25, -0.2) is 0 Å². The number of piperidine rings is 1. The number of carbonyl (C=O) groups excluding carboxylic acids is 2. The van der Waals surface area contributed by atoms with Gasteiger partial charge in [0.2, 0.25) is 0 Å². The molecule has 148 valence electrons. The monoisotopic (exact) mass is 421 g/mol. The van der Waals surface area contributed by atoms with Crippen LogP contribution in [0.1, 0.15) is 23.2 Å². The highest BCUT2D eigenvalue weighted by Crippen LogP contribution is 2.21.